The van der Waals surface area contributed by atoms with E-state index in [9.17, 15) is 9.90 Å². The van der Waals surface area contributed by atoms with Gasteiger partial charge in [0.2, 0.25) is 0 Å². The van der Waals surface area contributed by atoms with E-state index in [1.54, 1.807) is 6.20 Å². The molecule has 0 amide bonds. The highest BCUT2D eigenvalue weighted by atomic mass is 79.9. The number of halogens is 1. The second kappa shape index (κ2) is 6.26. The minimum absolute atomic E-state index is 0.137. The van der Waals surface area contributed by atoms with Gasteiger partial charge in [-0.25, -0.2) is 4.68 Å². The van der Waals surface area contributed by atoms with E-state index >= 15 is 0 Å². The Hall–Kier alpha value is -0.880. The van der Waals surface area contributed by atoms with Gasteiger partial charge in [-0.15, -0.1) is 0 Å². The van der Waals surface area contributed by atoms with E-state index in [-0.39, 0.29) is 5.56 Å². The maximum atomic E-state index is 12.2. The van der Waals surface area contributed by atoms with Crippen LogP contribution >= 0.6 is 15.9 Å². The SMILES string of the molecule is CC(C)Cn1ncc(NCC2(O)CCCC2)c(Br)c1=O. The van der Waals surface area contributed by atoms with Crippen molar-refractivity contribution in [1.82, 2.24) is 9.78 Å². The molecule has 0 bridgehead atoms. The van der Waals surface area contributed by atoms with Crippen molar-refractivity contribution in [2.75, 3.05) is 11.9 Å². The van der Waals surface area contributed by atoms with Crippen molar-refractivity contribution in [3.63, 3.8) is 0 Å². The average Bonchev–Trinajstić information content (AvgIpc) is 2.81. The van der Waals surface area contributed by atoms with Crippen LogP contribution in [0.5, 0.6) is 0 Å². The Morgan fingerprint density at radius 3 is 2.75 bits per heavy atom. The van der Waals surface area contributed by atoms with Crippen molar-refractivity contribution in [2.24, 2.45) is 5.92 Å². The summed E-state index contributed by atoms with van der Waals surface area (Å²) >= 11 is 3.33. The second-order valence-electron chi connectivity index (χ2n) is 6.04. The van der Waals surface area contributed by atoms with Crippen LogP contribution in [0.3, 0.4) is 0 Å². The highest BCUT2D eigenvalue weighted by Gasteiger charge is 2.30. The molecular weight excluding hydrogens is 322 g/mol. The van der Waals surface area contributed by atoms with Gasteiger partial charge in [0.25, 0.3) is 5.56 Å². The van der Waals surface area contributed by atoms with E-state index in [0.717, 1.165) is 25.7 Å². The molecule has 6 heteroatoms. The van der Waals surface area contributed by atoms with E-state index < -0.39 is 5.60 Å². The van der Waals surface area contributed by atoms with Gasteiger partial charge in [0, 0.05) is 13.1 Å². The summed E-state index contributed by atoms with van der Waals surface area (Å²) in [5, 5.41) is 17.6. The monoisotopic (exact) mass is 343 g/mol. The molecular formula is C14H22BrN3O2. The normalized spacial score (nSPS) is 17.6. The highest BCUT2D eigenvalue weighted by Crippen LogP contribution is 2.30. The first-order chi connectivity index (χ1) is 9.41. The lowest BCUT2D eigenvalue weighted by molar-refractivity contribution is 0.0614. The van der Waals surface area contributed by atoms with Gasteiger partial charge in [0.15, 0.2) is 0 Å². The number of rotatable bonds is 5. The summed E-state index contributed by atoms with van der Waals surface area (Å²) in [5.74, 6) is 0.366. The largest absolute Gasteiger partial charge is 0.388 e. The fraction of sp³-hybridized carbons (Fsp3) is 0.714. The lowest BCUT2D eigenvalue weighted by Crippen LogP contribution is -2.34. The molecule has 20 heavy (non-hydrogen) atoms. The third kappa shape index (κ3) is 3.61. The smallest absolute Gasteiger partial charge is 0.283 e. The number of anilines is 1. The molecule has 112 valence electrons. The zero-order valence-corrected chi connectivity index (χ0v) is 13.6. The standard InChI is InChI=1S/C14H22BrN3O2/c1-10(2)8-18-13(19)12(15)11(7-17-18)16-9-14(20)5-3-4-6-14/h7,10,16,20H,3-6,8-9H2,1-2H3. The van der Waals surface area contributed by atoms with Crippen LogP contribution in [0.1, 0.15) is 39.5 Å². The van der Waals surface area contributed by atoms with Gasteiger partial charge in [-0.1, -0.05) is 26.7 Å². The molecule has 0 spiro atoms. The molecule has 1 saturated carbocycles. The quantitative estimate of drug-likeness (QED) is 0.861. The van der Waals surface area contributed by atoms with Gasteiger partial charge < -0.3 is 10.4 Å². The fourth-order valence-corrected chi connectivity index (χ4v) is 2.98. The van der Waals surface area contributed by atoms with Crippen molar-refractivity contribution in [1.29, 1.82) is 0 Å². The van der Waals surface area contributed by atoms with E-state index in [0.29, 0.717) is 29.2 Å². The van der Waals surface area contributed by atoms with Crippen LogP contribution in [0.2, 0.25) is 0 Å². The minimum atomic E-state index is -0.647. The van der Waals surface area contributed by atoms with Gasteiger partial charge in [0.05, 0.1) is 17.5 Å². The van der Waals surface area contributed by atoms with Crippen molar-refractivity contribution in [3.05, 3.63) is 21.0 Å². The first-order valence-electron chi connectivity index (χ1n) is 7.13. The maximum Gasteiger partial charge on any atom is 0.283 e. The van der Waals surface area contributed by atoms with E-state index in [4.69, 9.17) is 0 Å². The number of nitrogens with zero attached hydrogens (tertiary/aromatic N) is 2. The molecule has 1 fully saturated rings. The number of aliphatic hydroxyl groups is 1. The minimum Gasteiger partial charge on any atom is -0.388 e. The fourth-order valence-electron chi connectivity index (χ4n) is 2.53. The van der Waals surface area contributed by atoms with Crippen LogP contribution < -0.4 is 10.9 Å². The molecule has 0 saturated heterocycles. The van der Waals surface area contributed by atoms with Crippen LogP contribution in [0.15, 0.2) is 15.5 Å². The summed E-state index contributed by atoms with van der Waals surface area (Å²) in [5.41, 5.74) is -0.135. The summed E-state index contributed by atoms with van der Waals surface area (Å²) in [6.07, 6.45) is 5.40. The third-order valence-electron chi connectivity index (χ3n) is 3.67. The molecule has 1 aromatic rings. The summed E-state index contributed by atoms with van der Waals surface area (Å²) in [7, 11) is 0. The Morgan fingerprint density at radius 2 is 2.15 bits per heavy atom. The van der Waals surface area contributed by atoms with Crippen molar-refractivity contribution >= 4 is 21.6 Å². The molecule has 1 aliphatic carbocycles. The zero-order valence-electron chi connectivity index (χ0n) is 12.0. The van der Waals surface area contributed by atoms with E-state index in [1.807, 2.05) is 13.8 Å². The Labute approximate surface area is 127 Å². The number of nitrogens with one attached hydrogen (secondary N) is 1. The van der Waals surface area contributed by atoms with Gasteiger partial charge in [-0.05, 0) is 34.7 Å². The lowest BCUT2D eigenvalue weighted by atomic mass is 10.0. The van der Waals surface area contributed by atoms with Crippen molar-refractivity contribution in [3.8, 4) is 0 Å². The molecule has 0 aliphatic heterocycles. The van der Waals surface area contributed by atoms with Crippen LogP contribution in [0.4, 0.5) is 5.69 Å². The summed E-state index contributed by atoms with van der Waals surface area (Å²) in [4.78, 5) is 12.2. The Morgan fingerprint density at radius 1 is 1.50 bits per heavy atom. The summed E-state index contributed by atoms with van der Waals surface area (Å²) in [6, 6.07) is 0. The number of aromatic nitrogens is 2. The second-order valence-corrected chi connectivity index (χ2v) is 6.83. The predicted octanol–water partition coefficient (Wildman–Crippen LogP) is 2.38. The molecule has 5 nitrogen and oxygen atoms in total. The van der Waals surface area contributed by atoms with E-state index in [1.165, 1.54) is 4.68 Å². The maximum absolute atomic E-state index is 12.2. The highest BCUT2D eigenvalue weighted by molar-refractivity contribution is 9.10. The third-order valence-corrected chi connectivity index (χ3v) is 4.43. The first kappa shape index (κ1) is 15.5. The summed E-state index contributed by atoms with van der Waals surface area (Å²) < 4.78 is 1.94. The van der Waals surface area contributed by atoms with Gasteiger partial charge in [-0.2, -0.15) is 5.10 Å². The molecule has 0 radical (unpaired) electrons. The topological polar surface area (TPSA) is 67.2 Å². The zero-order chi connectivity index (χ0) is 14.8. The molecule has 1 heterocycles. The molecule has 1 aliphatic rings. The molecule has 0 unspecified atom stereocenters. The van der Waals surface area contributed by atoms with Crippen molar-refractivity contribution in [2.45, 2.75) is 51.7 Å². The van der Waals surface area contributed by atoms with Gasteiger partial charge >= 0.3 is 0 Å². The van der Waals surface area contributed by atoms with Crippen LogP contribution in [0, 0.1) is 5.92 Å². The number of hydrogen-bond donors (Lipinski definition) is 2. The Kier molecular flexibility index (Phi) is 4.86. The van der Waals surface area contributed by atoms with Gasteiger partial charge in [0.1, 0.15) is 4.47 Å². The Bertz CT molecular complexity index is 522. The van der Waals surface area contributed by atoms with Crippen molar-refractivity contribution < 1.29 is 5.11 Å². The number of hydrogen-bond acceptors (Lipinski definition) is 4. The molecule has 2 N–H and O–H groups in total. The van der Waals surface area contributed by atoms with Crippen LogP contribution in [0.25, 0.3) is 0 Å². The molecule has 2 rings (SSSR count). The predicted molar refractivity (Wildman–Crippen MR) is 82.9 cm³/mol. The molecule has 0 atom stereocenters. The molecule has 0 aromatic carbocycles. The first-order valence-corrected chi connectivity index (χ1v) is 7.92. The van der Waals surface area contributed by atoms with Crippen LogP contribution in [-0.2, 0) is 6.54 Å². The summed E-state index contributed by atoms with van der Waals surface area (Å²) in [6.45, 7) is 5.15. The van der Waals surface area contributed by atoms with E-state index in [2.05, 4.69) is 26.3 Å². The van der Waals surface area contributed by atoms with Gasteiger partial charge in [-0.3, -0.25) is 4.79 Å². The molecule has 1 aromatic heterocycles. The van der Waals surface area contributed by atoms with Crippen LogP contribution in [-0.4, -0.2) is 27.0 Å². The Balaban J connectivity index is 2.09. The lowest BCUT2D eigenvalue weighted by Gasteiger charge is -2.23. The average molecular weight is 344 g/mol.